The maximum atomic E-state index is 13.5. The number of imidazole rings is 2. The second kappa shape index (κ2) is 21.4. The van der Waals surface area contributed by atoms with Crippen LogP contribution in [-0.2, 0) is 71.4 Å². The van der Waals surface area contributed by atoms with Crippen molar-refractivity contribution < 1.29 is 104 Å². The van der Waals surface area contributed by atoms with Gasteiger partial charge in [-0.1, -0.05) is 4.98 Å². The monoisotopic (exact) mass is 1130 g/mol. The second-order valence-electron chi connectivity index (χ2n) is 16.7. The molecule has 40 heteroatoms. The van der Waals surface area contributed by atoms with E-state index in [-0.39, 0.29) is 40.7 Å². The van der Waals surface area contributed by atoms with E-state index in [1.807, 2.05) is 4.98 Å². The van der Waals surface area contributed by atoms with Gasteiger partial charge >= 0.3 is 34.4 Å². The average Bonchev–Trinajstić information content (AvgIpc) is 4.10. The van der Waals surface area contributed by atoms with Gasteiger partial charge in [0.1, 0.15) is 54.6 Å². The summed E-state index contributed by atoms with van der Waals surface area (Å²) < 4.78 is 111. The number of phosphoric ester groups is 2. The van der Waals surface area contributed by atoms with Crippen LogP contribution in [0.4, 0.5) is 11.8 Å². The van der Waals surface area contributed by atoms with Crippen LogP contribution in [0.15, 0.2) is 45.6 Å². The Labute approximate surface area is 412 Å². The lowest BCUT2D eigenvalue weighted by molar-refractivity contribution is -0.745. The fourth-order valence-corrected chi connectivity index (χ4v) is 14.4. The lowest BCUT2D eigenvalue weighted by Gasteiger charge is -2.31. The Balaban J connectivity index is 0.939. The zero-order valence-electron chi connectivity index (χ0n) is 38.4. The van der Waals surface area contributed by atoms with Crippen molar-refractivity contribution in [1.29, 1.82) is 0 Å². The minimum absolute atomic E-state index is 0.00778. The van der Waals surface area contributed by atoms with E-state index < -0.39 is 147 Å². The molecule has 408 valence electrons. The molecule has 0 amide bonds. The van der Waals surface area contributed by atoms with Crippen LogP contribution in [0.2, 0.25) is 0 Å². The number of aryl methyl sites for hydroxylation is 1. The summed E-state index contributed by atoms with van der Waals surface area (Å²) in [6, 6.07) is 0.923. The van der Waals surface area contributed by atoms with E-state index in [2.05, 4.69) is 29.2 Å². The number of nitrogen functional groups attached to an aromatic ring is 2. The number of nitrogens with two attached hydrogens (primary N) is 2. The molecule has 5 aromatic rings. The van der Waals surface area contributed by atoms with Gasteiger partial charge in [-0.15, -0.1) is 0 Å². The molecule has 0 spiro atoms. The van der Waals surface area contributed by atoms with Gasteiger partial charge in [-0.2, -0.15) is 0 Å². The Morgan fingerprint density at radius 2 is 1.53 bits per heavy atom. The normalized spacial score (nSPS) is 30.6. The third kappa shape index (κ3) is 11.7. The maximum absolute atomic E-state index is 13.5. The van der Waals surface area contributed by atoms with Crippen molar-refractivity contribution in [3.63, 3.8) is 0 Å². The van der Waals surface area contributed by atoms with Crippen molar-refractivity contribution in [3.05, 3.63) is 62.4 Å². The zero-order valence-corrected chi connectivity index (χ0v) is 42.0. The molecule has 8 heterocycles. The predicted molar refractivity (Wildman–Crippen MR) is 239 cm³/mol. The number of aliphatic hydroxyl groups is 3. The first kappa shape index (κ1) is 55.6. The van der Waals surface area contributed by atoms with E-state index in [0.717, 1.165) is 36.6 Å². The van der Waals surface area contributed by atoms with Gasteiger partial charge in [0, 0.05) is 32.4 Å². The summed E-state index contributed by atoms with van der Waals surface area (Å²) in [6.45, 7) is -3.36. The smallest absolute Gasteiger partial charge is 0.479 e. The van der Waals surface area contributed by atoms with Crippen LogP contribution in [-0.4, -0.2) is 169 Å². The van der Waals surface area contributed by atoms with E-state index in [4.69, 9.17) is 53.2 Å². The van der Waals surface area contributed by atoms with E-state index in [0.29, 0.717) is 0 Å². The summed E-state index contributed by atoms with van der Waals surface area (Å²) in [4.78, 5) is 102. The number of H-pyrrole nitrogens is 2. The van der Waals surface area contributed by atoms with Crippen LogP contribution in [0.5, 0.6) is 0 Å². The molecule has 3 fully saturated rings. The van der Waals surface area contributed by atoms with Crippen molar-refractivity contribution in [2.75, 3.05) is 58.0 Å². The number of methoxy groups -OCH3 is 2. The third-order valence-electron chi connectivity index (χ3n) is 11.7. The number of fused-ring (bicyclic) bond motifs is 2. The third-order valence-corrected chi connectivity index (χ3v) is 18.4. The van der Waals surface area contributed by atoms with Gasteiger partial charge in [-0.25, -0.2) is 33.2 Å². The number of ether oxygens (including phenoxy) is 5. The molecular formula is C34H48N12O24P4. The first-order valence-corrected chi connectivity index (χ1v) is 27.8. The van der Waals surface area contributed by atoms with Crippen LogP contribution in [0.1, 0.15) is 18.7 Å². The fourth-order valence-electron chi connectivity index (χ4n) is 8.44. The summed E-state index contributed by atoms with van der Waals surface area (Å²) in [5.41, 5.74) is 9.34. The molecule has 8 rings (SSSR count). The lowest BCUT2D eigenvalue weighted by atomic mass is 9.99. The molecule has 12 N–H and O–H groups in total. The highest BCUT2D eigenvalue weighted by Gasteiger charge is 2.52. The molecule has 3 saturated heterocycles. The van der Waals surface area contributed by atoms with Crippen LogP contribution in [0, 0.1) is 5.92 Å². The summed E-state index contributed by atoms with van der Waals surface area (Å²) in [5.74, 6) is -3.23. The largest absolute Gasteiger partial charge is 0.756 e. The number of phosphoric acid groups is 2. The maximum Gasteiger partial charge on any atom is 0.479 e. The molecule has 0 saturated carbocycles. The van der Waals surface area contributed by atoms with E-state index in [1.165, 1.54) is 34.2 Å². The first-order chi connectivity index (χ1) is 34.7. The van der Waals surface area contributed by atoms with Gasteiger partial charge in [-0.05, 0) is 0 Å². The number of aromatic nitrogens is 10. The topological polar surface area (TPSA) is 510 Å². The Morgan fingerprint density at radius 3 is 2.23 bits per heavy atom. The molecule has 0 bridgehead atoms. The number of rotatable bonds is 21. The standard InChI is InChI=1S/C34H48N12O24P4/c1-43-12-46(28-20(43)29(51)42-33(36)41-28)30-21(48)14(6-61-2)15(66-30)7-65-74(59,60)70-72(55,56)13-71(53,54)63-9-17-24(25(62-3)32(68-17)45-11-39-19-26(35)37-10-38-27(19)45)69-73(57,58)64-8-16-22(49)23(50)31(67-16)44-5-4-18(47)40-34(44)52/h4-5,10-12,14-17,21-25,30-32,48-50H,6-9,13H2,1-3H3,(H9-,35,36,37,38,40,41,42,47,51,52,53,54,55,56,57,58,59,60)/t14-,15-,16-,17-,21-,22-,23-,24-,25-,30-,31-,32-/m1/s1. The number of hydrogen-bond donors (Lipinski definition) is 10. The quantitative estimate of drug-likeness (QED) is 0.0245. The number of aliphatic hydroxyl groups excluding tert-OH is 3. The highest BCUT2D eigenvalue weighted by Crippen LogP contribution is 2.66. The molecular weight excluding hydrogens is 1080 g/mol. The fraction of sp³-hybridized carbons (Fsp3) is 0.588. The van der Waals surface area contributed by atoms with Gasteiger partial charge in [0.2, 0.25) is 11.7 Å². The summed E-state index contributed by atoms with van der Waals surface area (Å²) >= 11 is 0. The Kier molecular flexibility index (Phi) is 16.1. The van der Waals surface area contributed by atoms with E-state index >= 15 is 0 Å². The Bertz CT molecular complexity index is 3260. The average molecular weight is 1130 g/mol. The molecule has 3 aliphatic heterocycles. The molecule has 16 atom stereocenters. The van der Waals surface area contributed by atoms with Crippen molar-refractivity contribution in [1.82, 2.24) is 43.6 Å². The number of nitrogens with zero attached hydrogens (tertiary/aromatic N) is 8. The molecule has 74 heavy (non-hydrogen) atoms. The van der Waals surface area contributed by atoms with E-state index in [9.17, 15) is 67.5 Å². The van der Waals surface area contributed by atoms with Crippen LogP contribution < -0.4 is 37.7 Å². The predicted octanol–water partition coefficient (Wildman–Crippen LogP) is -4.50. The Hall–Kier alpha value is -4.58. The van der Waals surface area contributed by atoms with Crippen LogP contribution in [0.3, 0.4) is 0 Å². The molecule has 5 aromatic heterocycles. The molecule has 0 aliphatic carbocycles. The summed E-state index contributed by atoms with van der Waals surface area (Å²) in [6.07, 6.45) is -13.2. The number of aromatic amines is 2. The highest BCUT2D eigenvalue weighted by molar-refractivity contribution is 7.74. The number of nitrogens with one attached hydrogen (secondary N) is 2. The van der Waals surface area contributed by atoms with Gasteiger partial charge in [0.25, 0.3) is 24.9 Å². The molecule has 3 aliphatic rings. The molecule has 0 aromatic carbocycles. The highest BCUT2D eigenvalue weighted by atomic mass is 31.3. The first-order valence-electron chi connectivity index (χ1n) is 21.4. The SMILES string of the molecule is COC[C@H]1[C@@H](O)[C@H]([n+]2cn(C)c3c(=O)[nH]c(N)nc32)O[C@@H]1COP(=O)(O)OP(=O)(O)CP(=O)(O)OC[C@H]1O[C@@H](n2cnc3c(N)ncnc32)[C@H](OC)[C@@H]1OP(=O)([O-])OC[C@H]1O[C@@H](n2ccc(=O)[nH]c2=O)[C@H](O)[C@@H]1O. The van der Waals surface area contributed by atoms with Crippen molar-refractivity contribution in [2.45, 2.75) is 67.5 Å². The second-order valence-corrected chi connectivity index (χ2v) is 23.9. The van der Waals surface area contributed by atoms with Gasteiger partial charge in [-0.3, -0.25) is 51.5 Å². The Morgan fingerprint density at radius 1 is 0.824 bits per heavy atom. The van der Waals surface area contributed by atoms with Crippen molar-refractivity contribution >= 4 is 64.9 Å². The number of hydrogen-bond acceptors (Lipinski definition) is 27. The molecule has 4 unspecified atom stereocenters. The van der Waals surface area contributed by atoms with E-state index in [1.54, 1.807) is 0 Å². The molecule has 0 radical (unpaired) electrons. The minimum Gasteiger partial charge on any atom is -0.756 e. The zero-order chi connectivity index (χ0) is 53.8. The van der Waals surface area contributed by atoms with Gasteiger partial charge in [0.05, 0.1) is 45.9 Å². The molecule has 36 nitrogen and oxygen atoms in total. The lowest BCUT2D eigenvalue weighted by Crippen LogP contribution is -2.45. The van der Waals surface area contributed by atoms with Crippen molar-refractivity contribution in [2.24, 2.45) is 13.0 Å². The van der Waals surface area contributed by atoms with Crippen LogP contribution in [0.25, 0.3) is 22.3 Å². The van der Waals surface area contributed by atoms with Crippen LogP contribution >= 0.6 is 30.8 Å². The van der Waals surface area contributed by atoms with Gasteiger partial charge in [0.15, 0.2) is 36.2 Å². The number of anilines is 2. The summed E-state index contributed by atoms with van der Waals surface area (Å²) in [5, 5.41) is 32.5. The summed E-state index contributed by atoms with van der Waals surface area (Å²) in [7, 11) is -18.6. The van der Waals surface area contributed by atoms with Gasteiger partial charge < -0.3 is 83.6 Å². The minimum atomic E-state index is -5.69. The van der Waals surface area contributed by atoms with Crippen molar-refractivity contribution in [3.8, 4) is 0 Å².